The number of urea groups is 1. The van der Waals surface area contributed by atoms with Crippen LogP contribution in [-0.2, 0) is 16.9 Å². The van der Waals surface area contributed by atoms with E-state index in [2.05, 4.69) is 5.32 Å². The Hall–Kier alpha value is -4.21. The summed E-state index contributed by atoms with van der Waals surface area (Å²) in [7, 11) is 0. The lowest BCUT2D eigenvalue weighted by Crippen LogP contribution is -2.41. The summed E-state index contributed by atoms with van der Waals surface area (Å²) in [5, 5.41) is 2.50. The second kappa shape index (κ2) is 8.47. The number of amides is 3. The minimum atomic E-state index is -1.62. The van der Waals surface area contributed by atoms with Crippen LogP contribution in [0.1, 0.15) is 39.8 Å². The standard InChI is InChI=1S/C26H23F2N3O5/c1-14-8-18(15(2)30(14)11-16-4-7-22-23(9-16)36-13-35-22)21(32)12-31-24(33)26(3,29-25(31)34)17-5-6-19(27)20(28)10-17/h4-10H,11-13H2,1-3H3,(H,29,34). The number of aromatic nitrogens is 1. The fraction of sp³-hybridized carbons (Fsp3) is 0.269. The van der Waals surface area contributed by atoms with E-state index in [0.717, 1.165) is 28.3 Å². The molecule has 2 aliphatic rings. The first-order valence-electron chi connectivity index (χ1n) is 11.3. The fourth-order valence-electron chi connectivity index (χ4n) is 4.62. The van der Waals surface area contributed by atoms with Gasteiger partial charge in [0.1, 0.15) is 5.54 Å². The summed E-state index contributed by atoms with van der Waals surface area (Å²) in [6.45, 7) is 5.23. The molecular weight excluding hydrogens is 472 g/mol. The zero-order chi connectivity index (χ0) is 25.8. The van der Waals surface area contributed by atoms with Crippen molar-refractivity contribution in [2.75, 3.05) is 13.3 Å². The molecule has 186 valence electrons. The fourth-order valence-corrected chi connectivity index (χ4v) is 4.62. The van der Waals surface area contributed by atoms with E-state index in [0.29, 0.717) is 29.3 Å². The van der Waals surface area contributed by atoms with E-state index in [9.17, 15) is 23.2 Å². The van der Waals surface area contributed by atoms with Crippen LogP contribution in [0.3, 0.4) is 0 Å². The quantitative estimate of drug-likeness (QED) is 0.415. The number of carbonyl (C=O) groups is 3. The number of hydrogen-bond donors (Lipinski definition) is 1. The van der Waals surface area contributed by atoms with Crippen molar-refractivity contribution in [2.45, 2.75) is 32.9 Å². The Morgan fingerprint density at radius 2 is 1.78 bits per heavy atom. The number of halogens is 2. The van der Waals surface area contributed by atoms with Gasteiger partial charge in [-0.1, -0.05) is 12.1 Å². The molecule has 1 unspecified atom stereocenters. The highest BCUT2D eigenvalue weighted by Crippen LogP contribution is 2.33. The molecule has 0 spiro atoms. The molecule has 2 aromatic carbocycles. The second-order valence-corrected chi connectivity index (χ2v) is 9.06. The summed E-state index contributed by atoms with van der Waals surface area (Å²) in [4.78, 5) is 39.8. The van der Waals surface area contributed by atoms with Crippen LogP contribution in [0.15, 0.2) is 42.5 Å². The monoisotopic (exact) mass is 495 g/mol. The van der Waals surface area contributed by atoms with Gasteiger partial charge in [0.2, 0.25) is 6.79 Å². The number of nitrogens with one attached hydrogen (secondary N) is 1. The normalized spacial score (nSPS) is 18.6. The first kappa shape index (κ1) is 23.5. The highest BCUT2D eigenvalue weighted by Gasteiger charge is 2.49. The van der Waals surface area contributed by atoms with E-state index >= 15 is 0 Å². The van der Waals surface area contributed by atoms with Crippen molar-refractivity contribution in [2.24, 2.45) is 0 Å². The smallest absolute Gasteiger partial charge is 0.325 e. The number of aryl methyl sites for hydroxylation is 1. The zero-order valence-corrected chi connectivity index (χ0v) is 19.9. The Labute approximate surface area is 205 Å². The molecule has 1 saturated heterocycles. The number of fused-ring (bicyclic) bond motifs is 1. The molecule has 0 saturated carbocycles. The van der Waals surface area contributed by atoms with Gasteiger partial charge in [0.25, 0.3) is 5.91 Å². The lowest BCUT2D eigenvalue weighted by molar-refractivity contribution is -0.130. The third-order valence-corrected chi connectivity index (χ3v) is 6.73. The molecule has 3 amide bonds. The topological polar surface area (TPSA) is 89.9 Å². The van der Waals surface area contributed by atoms with Gasteiger partial charge in [0.15, 0.2) is 28.9 Å². The maximum Gasteiger partial charge on any atom is 0.325 e. The third kappa shape index (κ3) is 3.78. The highest BCUT2D eigenvalue weighted by molar-refractivity contribution is 6.11. The van der Waals surface area contributed by atoms with Crippen molar-refractivity contribution in [1.29, 1.82) is 0 Å². The third-order valence-electron chi connectivity index (χ3n) is 6.73. The lowest BCUT2D eigenvalue weighted by atomic mass is 9.92. The molecule has 0 bridgehead atoms. The predicted octanol–water partition coefficient (Wildman–Crippen LogP) is 3.81. The van der Waals surface area contributed by atoms with Gasteiger partial charge < -0.3 is 19.4 Å². The van der Waals surface area contributed by atoms with Gasteiger partial charge in [0, 0.05) is 23.5 Å². The Balaban J connectivity index is 1.36. The van der Waals surface area contributed by atoms with E-state index < -0.39 is 41.4 Å². The van der Waals surface area contributed by atoms with Crippen LogP contribution in [0.2, 0.25) is 0 Å². The van der Waals surface area contributed by atoms with Gasteiger partial charge in [-0.2, -0.15) is 0 Å². The lowest BCUT2D eigenvalue weighted by Gasteiger charge is -2.22. The molecule has 1 atom stereocenters. The predicted molar refractivity (Wildman–Crippen MR) is 124 cm³/mol. The maximum absolute atomic E-state index is 13.8. The number of benzene rings is 2. The van der Waals surface area contributed by atoms with Crippen molar-refractivity contribution in [3.63, 3.8) is 0 Å². The molecule has 36 heavy (non-hydrogen) atoms. The molecule has 8 nitrogen and oxygen atoms in total. The van der Waals surface area contributed by atoms with Gasteiger partial charge in [-0.15, -0.1) is 0 Å². The summed E-state index contributed by atoms with van der Waals surface area (Å²) in [5.74, 6) is -2.00. The van der Waals surface area contributed by atoms with Crippen LogP contribution in [0.4, 0.5) is 13.6 Å². The minimum absolute atomic E-state index is 0.0802. The molecule has 5 rings (SSSR count). The van der Waals surface area contributed by atoms with Crippen LogP contribution in [-0.4, -0.2) is 40.5 Å². The maximum atomic E-state index is 13.8. The Bertz CT molecular complexity index is 1430. The average Bonchev–Trinajstić information content (AvgIpc) is 3.48. The van der Waals surface area contributed by atoms with E-state index in [1.807, 2.05) is 29.7 Å². The first-order valence-corrected chi connectivity index (χ1v) is 11.3. The molecule has 3 heterocycles. The Kier molecular flexibility index (Phi) is 5.54. The molecule has 1 N–H and O–H groups in total. The first-order chi connectivity index (χ1) is 17.1. The molecule has 10 heteroatoms. The van der Waals surface area contributed by atoms with Crippen molar-refractivity contribution in [3.8, 4) is 11.5 Å². The highest BCUT2D eigenvalue weighted by atomic mass is 19.2. The molecule has 3 aromatic rings. The van der Waals surface area contributed by atoms with Gasteiger partial charge in [-0.05, 0) is 62.2 Å². The summed E-state index contributed by atoms with van der Waals surface area (Å²) < 4.78 is 39.9. The number of ether oxygens (including phenoxy) is 2. The Morgan fingerprint density at radius 1 is 1.03 bits per heavy atom. The van der Waals surface area contributed by atoms with E-state index in [1.165, 1.54) is 13.0 Å². The summed E-state index contributed by atoms with van der Waals surface area (Å²) in [6, 6.07) is 9.55. The van der Waals surface area contributed by atoms with Crippen molar-refractivity contribution in [3.05, 3.63) is 82.2 Å². The number of carbonyl (C=O) groups excluding carboxylic acids is 3. The minimum Gasteiger partial charge on any atom is -0.454 e. The van der Waals surface area contributed by atoms with Gasteiger partial charge in [0.05, 0.1) is 6.54 Å². The zero-order valence-electron chi connectivity index (χ0n) is 19.9. The van der Waals surface area contributed by atoms with E-state index in [-0.39, 0.29) is 12.4 Å². The van der Waals surface area contributed by atoms with Crippen LogP contribution < -0.4 is 14.8 Å². The molecule has 1 aromatic heterocycles. The van der Waals surface area contributed by atoms with Crippen molar-refractivity contribution in [1.82, 2.24) is 14.8 Å². The molecular formula is C26H23F2N3O5. The second-order valence-electron chi connectivity index (χ2n) is 9.06. The van der Waals surface area contributed by atoms with Crippen LogP contribution >= 0.6 is 0 Å². The van der Waals surface area contributed by atoms with Gasteiger partial charge >= 0.3 is 6.03 Å². The number of rotatable bonds is 6. The molecule has 1 fully saturated rings. The number of Topliss-reactive ketones (excluding diaryl/α,β-unsaturated/α-hetero) is 1. The average molecular weight is 495 g/mol. The van der Waals surface area contributed by atoms with Crippen molar-refractivity contribution < 1.29 is 32.6 Å². The molecule has 0 radical (unpaired) electrons. The van der Waals surface area contributed by atoms with Crippen LogP contribution in [0.5, 0.6) is 11.5 Å². The number of ketones is 1. The largest absolute Gasteiger partial charge is 0.454 e. The molecule has 2 aliphatic heterocycles. The SMILES string of the molecule is Cc1cc(C(=O)CN2C(=O)NC(C)(c3ccc(F)c(F)c3)C2=O)c(C)n1Cc1ccc2c(c1)OCO2. The Morgan fingerprint density at radius 3 is 2.53 bits per heavy atom. The van der Waals surface area contributed by atoms with E-state index in [4.69, 9.17) is 9.47 Å². The van der Waals surface area contributed by atoms with Crippen LogP contribution in [0, 0.1) is 25.5 Å². The van der Waals surface area contributed by atoms with Crippen LogP contribution in [0.25, 0.3) is 0 Å². The number of hydrogen-bond acceptors (Lipinski definition) is 5. The summed E-state index contributed by atoms with van der Waals surface area (Å²) >= 11 is 0. The summed E-state index contributed by atoms with van der Waals surface area (Å²) in [6.07, 6.45) is 0. The van der Waals surface area contributed by atoms with Gasteiger partial charge in [-0.25, -0.2) is 13.6 Å². The number of nitrogens with zero attached hydrogens (tertiary/aromatic N) is 2. The van der Waals surface area contributed by atoms with E-state index in [1.54, 1.807) is 13.0 Å². The molecule has 0 aliphatic carbocycles. The number of imide groups is 1. The van der Waals surface area contributed by atoms with Gasteiger partial charge in [-0.3, -0.25) is 14.5 Å². The summed E-state index contributed by atoms with van der Waals surface area (Å²) in [5.41, 5.74) is 1.31. The van der Waals surface area contributed by atoms with Crippen molar-refractivity contribution >= 4 is 17.7 Å².